The number of aliphatic imine (C=N–C) groups is 1. The van der Waals surface area contributed by atoms with Gasteiger partial charge in [-0.1, -0.05) is 30.3 Å². The molecule has 3 N–H and O–H groups in total. The molecule has 1 saturated heterocycles. The van der Waals surface area contributed by atoms with Gasteiger partial charge in [0.25, 0.3) is 0 Å². The van der Waals surface area contributed by atoms with Gasteiger partial charge in [0.1, 0.15) is 0 Å². The molecule has 1 amide bonds. The highest BCUT2D eigenvalue weighted by atomic mass is 127. The Kier molecular flexibility index (Phi) is 9.52. The number of nitrogens with one attached hydrogen (secondary N) is 3. The molecule has 0 aromatic heterocycles. The van der Waals surface area contributed by atoms with Crippen LogP contribution in [-0.4, -0.2) is 49.6 Å². The molecule has 1 fully saturated rings. The Labute approximate surface area is 212 Å². The van der Waals surface area contributed by atoms with Gasteiger partial charge in [0.15, 0.2) is 5.96 Å². The number of thioether (sulfide) groups is 1. The number of hydrogen-bond donors (Lipinski definition) is 3. The van der Waals surface area contributed by atoms with Crippen LogP contribution in [0.15, 0.2) is 53.5 Å². The Morgan fingerprint density at radius 2 is 1.88 bits per heavy atom. The van der Waals surface area contributed by atoms with Crippen LogP contribution in [0.25, 0.3) is 0 Å². The Morgan fingerprint density at radius 3 is 2.62 bits per heavy atom. The molecule has 1 unspecified atom stereocenters. The van der Waals surface area contributed by atoms with Crippen LogP contribution in [-0.2, 0) is 11.3 Å². The van der Waals surface area contributed by atoms with Crippen LogP contribution in [0.4, 0.5) is 11.4 Å². The summed E-state index contributed by atoms with van der Waals surface area (Å²) in [5.41, 5.74) is 4.58. The quantitative estimate of drug-likeness (QED) is 0.281. The summed E-state index contributed by atoms with van der Waals surface area (Å²) in [5.74, 6) is 3.40. The average Bonchev–Trinajstić information content (AvgIpc) is 2.81. The van der Waals surface area contributed by atoms with E-state index < -0.39 is 0 Å². The molecule has 172 valence electrons. The molecule has 32 heavy (non-hydrogen) atoms. The minimum atomic E-state index is 0. The lowest BCUT2D eigenvalue weighted by Crippen LogP contribution is -2.40. The number of anilines is 2. The van der Waals surface area contributed by atoms with Gasteiger partial charge in [0, 0.05) is 61.4 Å². The molecule has 2 aliphatic heterocycles. The van der Waals surface area contributed by atoms with Crippen molar-refractivity contribution in [2.45, 2.75) is 25.8 Å². The van der Waals surface area contributed by atoms with Crippen molar-refractivity contribution in [1.29, 1.82) is 0 Å². The number of guanidine groups is 1. The van der Waals surface area contributed by atoms with Crippen LogP contribution in [0.3, 0.4) is 0 Å². The monoisotopic (exact) mass is 565 g/mol. The van der Waals surface area contributed by atoms with Crippen LogP contribution in [0.1, 0.15) is 30.4 Å². The van der Waals surface area contributed by atoms with E-state index in [2.05, 4.69) is 58.1 Å². The van der Waals surface area contributed by atoms with Gasteiger partial charge in [0.2, 0.25) is 5.91 Å². The van der Waals surface area contributed by atoms with Crippen molar-refractivity contribution in [3.05, 3.63) is 59.7 Å². The predicted molar refractivity (Wildman–Crippen MR) is 147 cm³/mol. The van der Waals surface area contributed by atoms with Gasteiger partial charge < -0.3 is 20.9 Å². The van der Waals surface area contributed by atoms with E-state index in [4.69, 9.17) is 4.99 Å². The van der Waals surface area contributed by atoms with Crippen LogP contribution < -0.4 is 20.9 Å². The minimum absolute atomic E-state index is 0. The highest BCUT2D eigenvalue weighted by Crippen LogP contribution is 2.31. The first-order valence-corrected chi connectivity index (χ1v) is 12.2. The second-order valence-electron chi connectivity index (χ2n) is 7.88. The molecule has 0 aliphatic carbocycles. The Bertz CT molecular complexity index is 915. The highest BCUT2D eigenvalue weighted by molar-refractivity contribution is 14.0. The Morgan fingerprint density at radius 1 is 1.12 bits per heavy atom. The molecule has 2 aromatic rings. The summed E-state index contributed by atoms with van der Waals surface area (Å²) in [5, 5.41) is 9.71. The second-order valence-corrected chi connectivity index (χ2v) is 9.10. The Balaban J connectivity index is 0.00000289. The molecule has 0 spiro atoms. The van der Waals surface area contributed by atoms with E-state index in [1.54, 1.807) is 0 Å². The van der Waals surface area contributed by atoms with Crippen molar-refractivity contribution in [3.63, 3.8) is 0 Å². The molecular formula is C24H32IN5OS. The number of nitrogens with zero attached hydrogens (tertiary/aromatic N) is 2. The maximum absolute atomic E-state index is 12.1. The van der Waals surface area contributed by atoms with Gasteiger partial charge in [-0.2, -0.15) is 11.8 Å². The van der Waals surface area contributed by atoms with Gasteiger partial charge in [0.05, 0.1) is 6.54 Å². The van der Waals surface area contributed by atoms with Gasteiger partial charge in [-0.15, -0.1) is 24.0 Å². The lowest BCUT2D eigenvalue weighted by atomic mass is 9.90. The van der Waals surface area contributed by atoms with Crippen molar-refractivity contribution in [3.8, 4) is 0 Å². The van der Waals surface area contributed by atoms with Crippen molar-refractivity contribution in [2.24, 2.45) is 4.99 Å². The maximum atomic E-state index is 12.1. The number of fused-ring (bicyclic) bond motifs is 1. The smallest absolute Gasteiger partial charge is 0.225 e. The van der Waals surface area contributed by atoms with Crippen molar-refractivity contribution >= 4 is 59.0 Å². The summed E-state index contributed by atoms with van der Waals surface area (Å²) in [6.07, 6.45) is 0.486. The van der Waals surface area contributed by atoms with Crippen LogP contribution in [0.5, 0.6) is 0 Å². The summed E-state index contributed by atoms with van der Waals surface area (Å²) in [6.45, 7) is 6.39. The number of hydrogen-bond acceptors (Lipinski definition) is 4. The zero-order chi connectivity index (χ0) is 21.5. The maximum Gasteiger partial charge on any atom is 0.225 e. The van der Waals surface area contributed by atoms with Gasteiger partial charge in [-0.05, 0) is 36.2 Å². The van der Waals surface area contributed by atoms with Crippen molar-refractivity contribution in [2.75, 3.05) is 47.9 Å². The van der Waals surface area contributed by atoms with E-state index in [0.717, 1.165) is 31.3 Å². The lowest BCUT2D eigenvalue weighted by molar-refractivity contribution is -0.116. The van der Waals surface area contributed by atoms with Crippen molar-refractivity contribution < 1.29 is 4.79 Å². The van der Waals surface area contributed by atoms with E-state index in [1.807, 2.05) is 30.0 Å². The second kappa shape index (κ2) is 12.3. The molecule has 0 saturated carbocycles. The Hall–Kier alpha value is -1.94. The molecule has 2 aromatic carbocycles. The number of carbonyl (C=O) groups is 1. The molecule has 2 aliphatic rings. The first-order valence-electron chi connectivity index (χ1n) is 11.1. The molecule has 8 heteroatoms. The summed E-state index contributed by atoms with van der Waals surface area (Å²) >= 11 is 2.03. The minimum Gasteiger partial charge on any atom is -0.370 e. The fraction of sp³-hybridized carbons (Fsp3) is 0.417. The topological polar surface area (TPSA) is 68.8 Å². The third-order valence-corrected chi connectivity index (χ3v) is 6.64. The first-order chi connectivity index (χ1) is 15.2. The van der Waals surface area contributed by atoms with Crippen molar-refractivity contribution in [1.82, 2.24) is 10.6 Å². The first kappa shape index (κ1) is 24.7. The van der Waals surface area contributed by atoms with Crippen LogP contribution >= 0.6 is 35.7 Å². The van der Waals surface area contributed by atoms with E-state index in [-0.39, 0.29) is 35.8 Å². The third-order valence-electron chi connectivity index (χ3n) is 5.70. The standard InChI is InChI=1S/C24H31N5OS.HI/c1-2-25-24(27-17-19-15-23(30)28-22-6-4-3-5-21(19)22)26-16-18-7-9-20(10-8-18)29-11-13-31-14-12-29;/h3-10,19H,2,11-17H2,1H3,(H,28,30)(H2,25,26,27);1H. The summed E-state index contributed by atoms with van der Waals surface area (Å²) < 4.78 is 0. The average molecular weight is 566 g/mol. The summed E-state index contributed by atoms with van der Waals surface area (Å²) in [4.78, 5) is 19.3. The highest BCUT2D eigenvalue weighted by Gasteiger charge is 2.24. The van der Waals surface area contributed by atoms with E-state index in [9.17, 15) is 4.79 Å². The number of rotatable bonds is 6. The molecule has 6 nitrogen and oxygen atoms in total. The summed E-state index contributed by atoms with van der Waals surface area (Å²) in [7, 11) is 0. The van der Waals surface area contributed by atoms with Crippen LogP contribution in [0.2, 0.25) is 0 Å². The number of halogens is 1. The zero-order valence-corrected chi connectivity index (χ0v) is 21.6. The normalized spacial score (nSPS) is 18.3. The van der Waals surface area contributed by atoms with Gasteiger partial charge >= 0.3 is 0 Å². The fourth-order valence-electron chi connectivity index (χ4n) is 4.05. The number of amides is 1. The SMILES string of the molecule is CCNC(=NCc1ccc(N2CCSCC2)cc1)NCC1CC(=O)Nc2ccccc21.I. The molecule has 4 rings (SSSR count). The summed E-state index contributed by atoms with van der Waals surface area (Å²) in [6, 6.07) is 16.8. The predicted octanol–water partition coefficient (Wildman–Crippen LogP) is 4.04. The van der Waals surface area contributed by atoms with Gasteiger partial charge in [-0.25, -0.2) is 4.99 Å². The molecule has 1 atom stereocenters. The lowest BCUT2D eigenvalue weighted by Gasteiger charge is -2.28. The van der Waals surface area contributed by atoms with E-state index in [1.165, 1.54) is 28.3 Å². The number of benzene rings is 2. The number of carbonyl (C=O) groups excluding carboxylic acids is 1. The van der Waals surface area contributed by atoms with Crippen LogP contribution in [0, 0.1) is 0 Å². The fourth-order valence-corrected chi connectivity index (χ4v) is 4.95. The van der Waals surface area contributed by atoms with E-state index in [0.29, 0.717) is 19.5 Å². The molecular weight excluding hydrogens is 533 g/mol. The number of para-hydroxylation sites is 1. The molecule has 0 bridgehead atoms. The van der Waals surface area contributed by atoms with E-state index >= 15 is 0 Å². The molecule has 2 heterocycles. The third kappa shape index (κ3) is 6.54. The molecule has 0 radical (unpaired) electrons. The zero-order valence-electron chi connectivity index (χ0n) is 18.5. The van der Waals surface area contributed by atoms with Gasteiger partial charge in [-0.3, -0.25) is 4.79 Å². The largest absolute Gasteiger partial charge is 0.370 e.